The van der Waals surface area contributed by atoms with Gasteiger partial charge in [0, 0.05) is 0 Å². The largest absolute Gasteiger partial charge is 0.394 e. The number of ether oxygens (including phenoxy) is 4. The zero-order chi connectivity index (χ0) is 25.7. The first-order chi connectivity index (χ1) is 15.9. The molecule has 2 aliphatic heterocycles. The summed E-state index contributed by atoms with van der Waals surface area (Å²) in [5.41, 5.74) is 0. The number of carbonyl (C=O) groups excluding carboxylic acids is 1. The van der Waals surface area contributed by atoms with E-state index < -0.39 is 106 Å². The highest BCUT2D eigenvalue weighted by atomic mass is 16.7. The molecule has 2 aliphatic rings. The van der Waals surface area contributed by atoms with Gasteiger partial charge in [0.15, 0.2) is 18.9 Å². The lowest BCUT2D eigenvalue weighted by Crippen LogP contribution is -2.62. The Kier molecular flexibility index (Phi) is 11.1. The van der Waals surface area contributed by atoms with E-state index >= 15 is 0 Å². The van der Waals surface area contributed by atoms with Crippen molar-refractivity contribution in [2.75, 3.05) is 19.8 Å². The molecular weight excluding hydrogens is 472 g/mol. The first-order valence-electron chi connectivity index (χ1n) is 10.4. The predicted molar refractivity (Wildman–Crippen MR) is 102 cm³/mol. The number of aliphatic hydroxyl groups excluding tert-OH is 11. The summed E-state index contributed by atoms with van der Waals surface area (Å²) in [6, 6.07) is 0. The van der Waals surface area contributed by atoms with Crippen LogP contribution in [-0.4, -0.2) is 168 Å². The molecule has 2 fully saturated rings. The Morgan fingerprint density at radius 3 is 1.74 bits per heavy atom. The second-order valence-electron chi connectivity index (χ2n) is 8.05. The Bertz CT molecular complexity index is 623. The second kappa shape index (κ2) is 12.9. The molecule has 0 amide bonds. The monoisotopic (exact) mass is 504 g/mol. The van der Waals surface area contributed by atoms with E-state index in [1.807, 2.05) is 0 Å². The van der Waals surface area contributed by atoms with Crippen LogP contribution >= 0.6 is 0 Å². The molecule has 0 saturated carbocycles. The number of rotatable bonds is 11. The summed E-state index contributed by atoms with van der Waals surface area (Å²) >= 11 is 0. The van der Waals surface area contributed by atoms with Gasteiger partial charge in [0.25, 0.3) is 0 Å². The van der Waals surface area contributed by atoms with Crippen molar-refractivity contribution in [2.24, 2.45) is 0 Å². The molecule has 16 heteroatoms. The van der Waals surface area contributed by atoms with Crippen LogP contribution in [0.15, 0.2) is 0 Å². The molecule has 0 spiro atoms. The van der Waals surface area contributed by atoms with Gasteiger partial charge < -0.3 is 79.9 Å². The second-order valence-corrected chi connectivity index (χ2v) is 8.05. The van der Waals surface area contributed by atoms with Gasteiger partial charge in [-0.05, 0) is 0 Å². The minimum atomic E-state index is -2.04. The maximum atomic E-state index is 10.5. The number of hydrogen-bond donors (Lipinski definition) is 11. The van der Waals surface area contributed by atoms with Crippen LogP contribution in [0.25, 0.3) is 0 Å². The van der Waals surface area contributed by atoms with Crippen molar-refractivity contribution in [1.29, 1.82) is 0 Å². The molecule has 34 heavy (non-hydrogen) atoms. The average Bonchev–Trinajstić information content (AvgIpc) is 2.84. The molecule has 0 aromatic rings. The summed E-state index contributed by atoms with van der Waals surface area (Å²) in [6.45, 7) is -2.13. The fourth-order valence-corrected chi connectivity index (χ4v) is 3.39. The summed E-state index contributed by atoms with van der Waals surface area (Å²) in [6.07, 6.45) is -24.4. The molecule has 0 aromatic heterocycles. The number of carbonyl (C=O) groups is 1. The van der Waals surface area contributed by atoms with Crippen molar-refractivity contribution in [3.05, 3.63) is 0 Å². The summed E-state index contributed by atoms with van der Waals surface area (Å²) in [5, 5.41) is 107. The molecule has 2 rings (SSSR count). The summed E-state index contributed by atoms with van der Waals surface area (Å²) in [7, 11) is 0. The highest BCUT2D eigenvalue weighted by Crippen LogP contribution is 2.26. The van der Waals surface area contributed by atoms with Crippen LogP contribution < -0.4 is 0 Å². The highest BCUT2D eigenvalue weighted by Gasteiger charge is 2.47. The van der Waals surface area contributed by atoms with Crippen LogP contribution in [-0.2, 0) is 23.7 Å². The van der Waals surface area contributed by atoms with Gasteiger partial charge in [-0.1, -0.05) is 0 Å². The Labute approximate surface area is 192 Å². The van der Waals surface area contributed by atoms with E-state index in [-0.39, 0.29) is 6.29 Å². The quantitative estimate of drug-likeness (QED) is 0.117. The smallest absolute Gasteiger partial charge is 0.186 e. The van der Waals surface area contributed by atoms with Crippen molar-refractivity contribution < 1.29 is 79.9 Å². The average molecular weight is 504 g/mol. The first kappa shape index (κ1) is 29.3. The van der Waals surface area contributed by atoms with Gasteiger partial charge in [0.05, 0.1) is 19.8 Å². The van der Waals surface area contributed by atoms with Gasteiger partial charge in [-0.3, -0.25) is 0 Å². The third-order valence-electron chi connectivity index (χ3n) is 5.61. The molecule has 2 heterocycles. The third kappa shape index (κ3) is 6.64. The van der Waals surface area contributed by atoms with Crippen LogP contribution in [0.1, 0.15) is 0 Å². The Morgan fingerprint density at radius 2 is 1.21 bits per heavy atom. The first-order valence-corrected chi connectivity index (χ1v) is 10.4. The minimum absolute atomic E-state index is 0.0623. The number of hydrogen-bond acceptors (Lipinski definition) is 16. The van der Waals surface area contributed by atoms with Crippen molar-refractivity contribution in [1.82, 2.24) is 0 Å². The molecule has 16 nitrogen and oxygen atoms in total. The summed E-state index contributed by atoms with van der Waals surface area (Å²) in [4.78, 5) is 10.5. The fraction of sp³-hybridized carbons (Fsp3) is 0.944. The molecule has 0 unspecified atom stereocenters. The van der Waals surface area contributed by atoms with E-state index in [1.54, 1.807) is 0 Å². The van der Waals surface area contributed by atoms with Crippen LogP contribution in [0, 0.1) is 0 Å². The highest BCUT2D eigenvalue weighted by molar-refractivity contribution is 5.56. The van der Waals surface area contributed by atoms with Crippen molar-refractivity contribution in [3.63, 3.8) is 0 Å². The van der Waals surface area contributed by atoms with Crippen molar-refractivity contribution in [2.45, 2.75) is 85.8 Å². The Morgan fingerprint density at radius 1 is 0.706 bits per heavy atom. The third-order valence-corrected chi connectivity index (χ3v) is 5.61. The molecule has 14 atom stereocenters. The van der Waals surface area contributed by atoms with Crippen LogP contribution in [0.4, 0.5) is 0 Å². The molecule has 0 aliphatic carbocycles. The topological polar surface area (TPSA) is 277 Å². The van der Waals surface area contributed by atoms with E-state index in [0.717, 1.165) is 0 Å². The molecule has 0 aromatic carbocycles. The fourth-order valence-electron chi connectivity index (χ4n) is 3.39. The number of aliphatic hydroxyl groups is 11. The van der Waals surface area contributed by atoms with Gasteiger partial charge in [0.2, 0.25) is 0 Å². The van der Waals surface area contributed by atoms with Crippen molar-refractivity contribution in [3.8, 4) is 0 Å². The van der Waals surface area contributed by atoms with E-state index in [4.69, 9.17) is 18.9 Å². The maximum absolute atomic E-state index is 10.5. The Balaban J connectivity index is 1.96. The van der Waals surface area contributed by atoms with E-state index in [2.05, 4.69) is 0 Å². The lowest BCUT2D eigenvalue weighted by molar-refractivity contribution is -0.333. The van der Waals surface area contributed by atoms with E-state index in [9.17, 15) is 61.0 Å². The summed E-state index contributed by atoms with van der Waals surface area (Å²) in [5.74, 6) is 0. The molecule has 200 valence electrons. The van der Waals surface area contributed by atoms with Crippen LogP contribution in [0.5, 0.6) is 0 Å². The van der Waals surface area contributed by atoms with Gasteiger partial charge in [-0.2, -0.15) is 0 Å². The lowest BCUT2D eigenvalue weighted by atomic mass is 9.98. The summed E-state index contributed by atoms with van der Waals surface area (Å²) < 4.78 is 20.8. The number of aldehydes is 1. The maximum Gasteiger partial charge on any atom is 0.186 e. The van der Waals surface area contributed by atoms with Crippen molar-refractivity contribution >= 4 is 6.29 Å². The van der Waals surface area contributed by atoms with Gasteiger partial charge in [0.1, 0.15) is 73.2 Å². The molecule has 2 saturated heterocycles. The SMILES string of the molecule is O=C[C@@H](O)[C@H](O)[C@@H](O)[C@@H](O)CO[C@H]1O[C@H](CO[C@H]2O[C@H](CO)[C@@H](O)[C@H](O)[C@H]2O)[C@@H](O)[C@H](O)[C@H]1O. The van der Waals surface area contributed by atoms with E-state index in [1.165, 1.54) is 0 Å². The standard InChI is InChI=1S/C18H32O16/c19-1-5(21)9(23)10(24)6(22)3-31-17-16(30)14(28)12(26)8(34-17)4-32-18-15(29)13(27)11(25)7(2-20)33-18/h1,5-18,20-30H,2-4H2/t5-,6+,7-,8-,9+,10+,11-,12-,13+,14+,15-,16-,17+,18+/m1/s1. The van der Waals surface area contributed by atoms with Crippen LogP contribution in [0.3, 0.4) is 0 Å². The zero-order valence-corrected chi connectivity index (χ0v) is 17.7. The molecule has 11 N–H and O–H groups in total. The minimum Gasteiger partial charge on any atom is -0.394 e. The normalized spacial score (nSPS) is 42.6. The molecular formula is C18H32O16. The van der Waals surface area contributed by atoms with Gasteiger partial charge in [-0.15, -0.1) is 0 Å². The molecule has 0 bridgehead atoms. The Hall–Kier alpha value is -0.930. The lowest BCUT2D eigenvalue weighted by Gasteiger charge is -2.42. The predicted octanol–water partition coefficient (Wildman–Crippen LogP) is -7.73. The van der Waals surface area contributed by atoms with Gasteiger partial charge in [-0.25, -0.2) is 0 Å². The van der Waals surface area contributed by atoms with Gasteiger partial charge >= 0.3 is 0 Å². The van der Waals surface area contributed by atoms with Crippen LogP contribution in [0.2, 0.25) is 0 Å². The molecule has 0 radical (unpaired) electrons. The van der Waals surface area contributed by atoms with E-state index in [0.29, 0.717) is 0 Å². The zero-order valence-electron chi connectivity index (χ0n) is 17.7.